The fourth-order valence-corrected chi connectivity index (χ4v) is 4.56. The third-order valence-corrected chi connectivity index (χ3v) is 6.33. The predicted molar refractivity (Wildman–Crippen MR) is 116 cm³/mol. The molecule has 3 rings (SSSR count). The van der Waals surface area contributed by atoms with E-state index in [1.807, 2.05) is 0 Å². The molecular formula is C20H16Cl2FN3O3S. The van der Waals surface area contributed by atoms with Gasteiger partial charge in [0.25, 0.3) is 15.9 Å². The zero-order valence-corrected chi connectivity index (χ0v) is 17.7. The first-order valence-corrected chi connectivity index (χ1v) is 10.8. The SMILES string of the molecule is NCc1ccc(NC(=O)c2c(F)cccc2Cl)cc1NS(=O)(=O)c1ccccc1Cl. The van der Waals surface area contributed by atoms with Crippen molar-refractivity contribution in [1.82, 2.24) is 0 Å². The van der Waals surface area contributed by atoms with Crippen LogP contribution in [-0.2, 0) is 16.6 Å². The van der Waals surface area contributed by atoms with Crippen molar-refractivity contribution >= 4 is 50.5 Å². The standard InChI is InChI=1S/C20H16Cl2FN3O3S/c21-14-4-1-2-7-18(14)30(28,29)26-17-10-13(9-8-12(17)11-24)25-20(27)19-15(22)5-3-6-16(19)23/h1-10,26H,11,24H2,(H,25,27). The van der Waals surface area contributed by atoms with Gasteiger partial charge in [-0.3, -0.25) is 9.52 Å². The molecule has 10 heteroatoms. The Balaban J connectivity index is 1.93. The summed E-state index contributed by atoms with van der Waals surface area (Å²) in [5, 5.41) is 2.51. The van der Waals surface area contributed by atoms with Crippen molar-refractivity contribution in [2.45, 2.75) is 11.4 Å². The van der Waals surface area contributed by atoms with Crippen molar-refractivity contribution in [1.29, 1.82) is 0 Å². The molecule has 0 unspecified atom stereocenters. The molecule has 0 spiro atoms. The monoisotopic (exact) mass is 467 g/mol. The second kappa shape index (κ2) is 9.01. The number of carbonyl (C=O) groups excluding carboxylic acids is 1. The van der Waals surface area contributed by atoms with Crippen molar-refractivity contribution in [2.75, 3.05) is 10.0 Å². The van der Waals surface area contributed by atoms with Gasteiger partial charge in [0.15, 0.2) is 0 Å². The number of carbonyl (C=O) groups is 1. The van der Waals surface area contributed by atoms with Crippen molar-refractivity contribution in [2.24, 2.45) is 5.73 Å². The van der Waals surface area contributed by atoms with Crippen LogP contribution in [0.15, 0.2) is 65.6 Å². The van der Waals surface area contributed by atoms with Crippen molar-refractivity contribution in [3.8, 4) is 0 Å². The van der Waals surface area contributed by atoms with Gasteiger partial charge in [-0.15, -0.1) is 0 Å². The summed E-state index contributed by atoms with van der Waals surface area (Å²) in [6, 6.07) is 14.3. The highest BCUT2D eigenvalue weighted by Gasteiger charge is 2.20. The van der Waals surface area contributed by atoms with E-state index in [0.29, 0.717) is 5.56 Å². The number of halogens is 3. The Kier molecular flexibility index (Phi) is 6.62. The first-order chi connectivity index (χ1) is 14.2. The Hall–Kier alpha value is -2.65. The molecular weight excluding hydrogens is 452 g/mol. The maximum Gasteiger partial charge on any atom is 0.263 e. The Morgan fingerprint density at radius 1 is 1.00 bits per heavy atom. The minimum absolute atomic E-state index is 0.0355. The summed E-state index contributed by atoms with van der Waals surface area (Å²) in [4.78, 5) is 12.3. The number of rotatable bonds is 6. The maximum atomic E-state index is 14.0. The highest BCUT2D eigenvalue weighted by Crippen LogP contribution is 2.28. The van der Waals surface area contributed by atoms with Gasteiger partial charge in [0, 0.05) is 12.2 Å². The fourth-order valence-electron chi connectivity index (χ4n) is 2.70. The number of nitrogens with two attached hydrogens (primary N) is 1. The van der Waals surface area contributed by atoms with Gasteiger partial charge in [0.2, 0.25) is 0 Å². The normalized spacial score (nSPS) is 11.2. The minimum atomic E-state index is -4.02. The molecule has 4 N–H and O–H groups in total. The average Bonchev–Trinajstić information content (AvgIpc) is 2.68. The zero-order valence-electron chi connectivity index (χ0n) is 15.3. The predicted octanol–water partition coefficient (Wildman–Crippen LogP) is 4.64. The fraction of sp³-hybridized carbons (Fsp3) is 0.0500. The lowest BCUT2D eigenvalue weighted by atomic mass is 10.1. The van der Waals surface area contributed by atoms with Crippen LogP contribution in [-0.4, -0.2) is 14.3 Å². The number of sulfonamides is 1. The van der Waals surface area contributed by atoms with Gasteiger partial charge >= 0.3 is 0 Å². The van der Waals surface area contributed by atoms with Crippen molar-refractivity contribution < 1.29 is 17.6 Å². The topological polar surface area (TPSA) is 101 Å². The van der Waals surface area contributed by atoms with Gasteiger partial charge in [-0.2, -0.15) is 0 Å². The molecule has 0 fully saturated rings. The van der Waals surface area contributed by atoms with Gasteiger partial charge in [-0.05, 0) is 42.0 Å². The van der Waals surface area contributed by atoms with E-state index < -0.39 is 21.7 Å². The summed E-state index contributed by atoms with van der Waals surface area (Å²) in [7, 11) is -4.02. The number of amides is 1. The van der Waals surface area contributed by atoms with Gasteiger partial charge in [-0.1, -0.05) is 47.5 Å². The van der Waals surface area contributed by atoms with E-state index >= 15 is 0 Å². The molecule has 0 radical (unpaired) electrons. The first kappa shape index (κ1) is 22.0. The van der Waals surface area contributed by atoms with E-state index in [-0.39, 0.29) is 38.4 Å². The third kappa shape index (κ3) is 4.73. The van der Waals surface area contributed by atoms with Crippen LogP contribution in [0.4, 0.5) is 15.8 Å². The van der Waals surface area contributed by atoms with Gasteiger partial charge < -0.3 is 11.1 Å². The highest BCUT2D eigenvalue weighted by atomic mass is 35.5. The molecule has 156 valence electrons. The summed E-state index contributed by atoms with van der Waals surface area (Å²) < 4.78 is 41.9. The van der Waals surface area contributed by atoms with Gasteiger partial charge in [0.05, 0.1) is 21.3 Å². The molecule has 0 saturated heterocycles. The average molecular weight is 468 g/mol. The highest BCUT2D eigenvalue weighted by molar-refractivity contribution is 7.92. The second-order valence-electron chi connectivity index (χ2n) is 6.16. The van der Waals surface area contributed by atoms with Crippen LogP contribution in [0.1, 0.15) is 15.9 Å². The van der Waals surface area contributed by atoms with Gasteiger partial charge in [-0.25, -0.2) is 12.8 Å². The molecule has 0 aliphatic heterocycles. The Morgan fingerprint density at radius 2 is 1.70 bits per heavy atom. The molecule has 0 aliphatic rings. The number of anilines is 2. The quantitative estimate of drug-likeness (QED) is 0.491. The molecule has 0 saturated carbocycles. The molecule has 0 atom stereocenters. The molecule has 0 aromatic heterocycles. The second-order valence-corrected chi connectivity index (χ2v) is 8.63. The van der Waals surface area contributed by atoms with Crippen LogP contribution in [0.25, 0.3) is 0 Å². The Labute approximate surface area is 182 Å². The molecule has 3 aromatic carbocycles. The summed E-state index contributed by atoms with van der Waals surface area (Å²) in [5.41, 5.74) is 6.23. The minimum Gasteiger partial charge on any atom is -0.326 e. The summed E-state index contributed by atoms with van der Waals surface area (Å²) >= 11 is 11.9. The molecule has 0 aliphatic carbocycles. The van der Waals surface area contributed by atoms with Crippen molar-refractivity contribution in [3.05, 3.63) is 87.7 Å². The molecule has 0 heterocycles. The lowest BCUT2D eigenvalue weighted by molar-refractivity contribution is 0.102. The van der Waals surface area contributed by atoms with E-state index in [1.54, 1.807) is 18.2 Å². The van der Waals surface area contributed by atoms with Crippen LogP contribution in [0.5, 0.6) is 0 Å². The lowest BCUT2D eigenvalue weighted by Crippen LogP contribution is -2.17. The maximum absolute atomic E-state index is 14.0. The number of nitrogens with one attached hydrogen (secondary N) is 2. The molecule has 30 heavy (non-hydrogen) atoms. The van der Waals surface area contributed by atoms with E-state index in [4.69, 9.17) is 28.9 Å². The molecule has 1 amide bonds. The smallest absolute Gasteiger partial charge is 0.263 e. The largest absolute Gasteiger partial charge is 0.326 e. The molecule has 3 aromatic rings. The summed E-state index contributed by atoms with van der Waals surface area (Å²) in [5.74, 6) is -1.56. The molecule has 0 bridgehead atoms. The number of benzene rings is 3. The molecule has 6 nitrogen and oxygen atoms in total. The van der Waals surface area contributed by atoms with Crippen LogP contribution >= 0.6 is 23.2 Å². The van der Waals surface area contributed by atoms with Crippen molar-refractivity contribution in [3.63, 3.8) is 0 Å². The van der Waals surface area contributed by atoms with Crippen LogP contribution in [0, 0.1) is 5.82 Å². The number of hydrogen-bond acceptors (Lipinski definition) is 4. The third-order valence-electron chi connectivity index (χ3n) is 4.15. The van der Waals surface area contributed by atoms with E-state index in [2.05, 4.69) is 10.0 Å². The van der Waals surface area contributed by atoms with Crippen LogP contribution < -0.4 is 15.8 Å². The van der Waals surface area contributed by atoms with Crippen LogP contribution in [0.3, 0.4) is 0 Å². The van der Waals surface area contributed by atoms with E-state index in [1.165, 1.54) is 36.4 Å². The van der Waals surface area contributed by atoms with E-state index in [9.17, 15) is 17.6 Å². The Bertz CT molecular complexity index is 1200. The summed E-state index contributed by atoms with van der Waals surface area (Å²) in [6.07, 6.45) is 0. The van der Waals surface area contributed by atoms with Gasteiger partial charge in [0.1, 0.15) is 10.7 Å². The first-order valence-electron chi connectivity index (χ1n) is 8.58. The zero-order chi connectivity index (χ0) is 21.9. The number of hydrogen-bond donors (Lipinski definition) is 3. The van der Waals surface area contributed by atoms with Crippen LogP contribution in [0.2, 0.25) is 10.0 Å². The van der Waals surface area contributed by atoms with E-state index in [0.717, 1.165) is 6.07 Å². The Morgan fingerprint density at radius 3 is 2.37 bits per heavy atom. The summed E-state index contributed by atoms with van der Waals surface area (Å²) in [6.45, 7) is 0.0355. The lowest BCUT2D eigenvalue weighted by Gasteiger charge is -2.15.